The number of anilines is 1. The maximum atomic E-state index is 13.5. The Labute approximate surface area is 153 Å². The van der Waals surface area contributed by atoms with E-state index in [0.29, 0.717) is 11.8 Å². The van der Waals surface area contributed by atoms with Gasteiger partial charge in [-0.2, -0.15) is 0 Å². The minimum absolute atomic E-state index is 0.00879. The summed E-state index contributed by atoms with van der Waals surface area (Å²) in [4.78, 5) is 24.6. The van der Waals surface area contributed by atoms with E-state index in [1.165, 1.54) is 18.7 Å². The van der Waals surface area contributed by atoms with Gasteiger partial charge < -0.3 is 14.8 Å². The normalized spacial score (nSPS) is 11.5. The quantitative estimate of drug-likeness (QED) is 0.586. The van der Waals surface area contributed by atoms with Gasteiger partial charge in [-0.05, 0) is 43.3 Å². The van der Waals surface area contributed by atoms with E-state index in [2.05, 4.69) is 5.32 Å². The molecule has 0 aliphatic rings. The molecule has 0 aliphatic heterocycles. The van der Waals surface area contributed by atoms with Gasteiger partial charge in [-0.1, -0.05) is 0 Å². The van der Waals surface area contributed by atoms with E-state index in [9.17, 15) is 18.4 Å². The van der Waals surface area contributed by atoms with Gasteiger partial charge in [-0.25, -0.2) is 8.78 Å². The number of rotatable bonds is 7. The maximum Gasteiger partial charge on any atom is 0.317 e. The van der Waals surface area contributed by atoms with Gasteiger partial charge in [0.1, 0.15) is 17.4 Å². The lowest BCUT2D eigenvalue weighted by Crippen LogP contribution is -2.30. The first-order chi connectivity index (χ1) is 12.4. The third-order valence-corrected chi connectivity index (χ3v) is 4.27. The van der Waals surface area contributed by atoms with Gasteiger partial charge >= 0.3 is 5.97 Å². The van der Waals surface area contributed by atoms with E-state index in [1.54, 1.807) is 31.4 Å². The zero-order valence-electron chi connectivity index (χ0n) is 14.1. The lowest BCUT2D eigenvalue weighted by Gasteiger charge is -2.14. The second-order valence-corrected chi connectivity index (χ2v) is 6.26. The predicted molar refractivity (Wildman–Crippen MR) is 94.3 cm³/mol. The summed E-state index contributed by atoms with van der Waals surface area (Å²) >= 11 is 1.25. The molecule has 0 radical (unpaired) electrons. The molecule has 1 amide bonds. The van der Waals surface area contributed by atoms with Crippen molar-refractivity contribution in [2.45, 2.75) is 17.9 Å². The van der Waals surface area contributed by atoms with Crippen LogP contribution in [0.15, 0.2) is 47.4 Å². The van der Waals surface area contributed by atoms with Gasteiger partial charge in [-0.15, -0.1) is 11.8 Å². The van der Waals surface area contributed by atoms with Crippen molar-refractivity contribution in [2.75, 3.05) is 18.2 Å². The van der Waals surface area contributed by atoms with Crippen LogP contribution in [0, 0.1) is 11.6 Å². The third-order valence-electron chi connectivity index (χ3n) is 3.28. The van der Waals surface area contributed by atoms with Gasteiger partial charge in [0.25, 0.3) is 5.91 Å². The van der Waals surface area contributed by atoms with Crippen molar-refractivity contribution in [2.24, 2.45) is 0 Å². The van der Waals surface area contributed by atoms with Gasteiger partial charge in [0.05, 0.1) is 18.6 Å². The topological polar surface area (TPSA) is 64.6 Å². The minimum atomic E-state index is -1.12. The Morgan fingerprint density at radius 1 is 1.15 bits per heavy atom. The summed E-state index contributed by atoms with van der Waals surface area (Å²) < 4.78 is 36.4. The Hall–Kier alpha value is -2.61. The van der Waals surface area contributed by atoms with Crippen LogP contribution in [0.25, 0.3) is 0 Å². The van der Waals surface area contributed by atoms with Crippen molar-refractivity contribution in [3.05, 3.63) is 54.1 Å². The van der Waals surface area contributed by atoms with Crippen LogP contribution >= 0.6 is 11.8 Å². The Morgan fingerprint density at radius 3 is 2.46 bits per heavy atom. The first kappa shape index (κ1) is 19.7. The van der Waals surface area contributed by atoms with Crippen molar-refractivity contribution in [3.63, 3.8) is 0 Å². The van der Waals surface area contributed by atoms with Crippen LogP contribution in [0.3, 0.4) is 0 Å². The lowest BCUT2D eigenvalue weighted by atomic mass is 10.2. The number of ether oxygens (including phenoxy) is 2. The Bertz CT molecular complexity index is 783. The number of halogens is 2. The SMILES string of the molecule is COc1ccc(SCC(=O)O[C@@H](C)C(=O)Nc2ccc(F)cc2F)cc1. The molecule has 2 rings (SSSR count). The van der Waals surface area contributed by atoms with Gasteiger partial charge in [0.2, 0.25) is 0 Å². The van der Waals surface area contributed by atoms with Crippen molar-refractivity contribution in [3.8, 4) is 5.75 Å². The molecule has 0 heterocycles. The minimum Gasteiger partial charge on any atom is -0.497 e. The van der Waals surface area contributed by atoms with Crippen LogP contribution < -0.4 is 10.1 Å². The molecule has 2 aromatic carbocycles. The number of benzene rings is 2. The Balaban J connectivity index is 1.82. The fourth-order valence-corrected chi connectivity index (χ4v) is 2.61. The molecule has 0 aliphatic carbocycles. The molecule has 0 saturated heterocycles. The molecule has 1 N–H and O–H groups in total. The van der Waals surface area contributed by atoms with Crippen LogP contribution in [0.2, 0.25) is 0 Å². The highest BCUT2D eigenvalue weighted by Gasteiger charge is 2.19. The Morgan fingerprint density at radius 2 is 1.85 bits per heavy atom. The van der Waals surface area contributed by atoms with Gasteiger partial charge in [0.15, 0.2) is 6.10 Å². The Kier molecular flexibility index (Phi) is 6.97. The number of carbonyl (C=O) groups excluding carboxylic acids is 2. The highest BCUT2D eigenvalue weighted by Crippen LogP contribution is 2.21. The summed E-state index contributed by atoms with van der Waals surface area (Å²) in [7, 11) is 1.56. The zero-order valence-corrected chi connectivity index (χ0v) is 14.9. The summed E-state index contributed by atoms with van der Waals surface area (Å²) in [5.74, 6) is -2.25. The van der Waals surface area contributed by atoms with Crippen LogP contribution in [-0.4, -0.2) is 30.8 Å². The molecule has 0 saturated carbocycles. The summed E-state index contributed by atoms with van der Waals surface area (Å²) in [6, 6.07) is 9.88. The zero-order chi connectivity index (χ0) is 19.1. The predicted octanol–water partition coefficient (Wildman–Crippen LogP) is 3.64. The first-order valence-corrected chi connectivity index (χ1v) is 8.60. The number of nitrogens with one attached hydrogen (secondary N) is 1. The fraction of sp³-hybridized carbons (Fsp3) is 0.222. The number of hydrogen-bond donors (Lipinski definition) is 1. The highest BCUT2D eigenvalue weighted by molar-refractivity contribution is 8.00. The maximum absolute atomic E-state index is 13.5. The smallest absolute Gasteiger partial charge is 0.317 e. The van der Waals surface area contributed by atoms with Crippen LogP contribution in [-0.2, 0) is 14.3 Å². The molecule has 0 fully saturated rings. The molecule has 2 aromatic rings. The number of hydrogen-bond acceptors (Lipinski definition) is 5. The van der Waals surface area contributed by atoms with E-state index in [0.717, 1.165) is 17.0 Å². The largest absolute Gasteiger partial charge is 0.497 e. The van der Waals surface area contributed by atoms with Crippen molar-refractivity contribution in [1.82, 2.24) is 0 Å². The van der Waals surface area contributed by atoms with Crippen molar-refractivity contribution < 1.29 is 27.8 Å². The third kappa shape index (κ3) is 5.73. The second kappa shape index (κ2) is 9.19. The van der Waals surface area contributed by atoms with Crippen molar-refractivity contribution in [1.29, 1.82) is 0 Å². The molecule has 5 nitrogen and oxygen atoms in total. The van der Waals surface area contributed by atoms with E-state index in [4.69, 9.17) is 9.47 Å². The number of thioether (sulfide) groups is 1. The van der Waals surface area contributed by atoms with Crippen LogP contribution in [0.1, 0.15) is 6.92 Å². The molecular formula is C18H17F2NO4S. The lowest BCUT2D eigenvalue weighted by molar-refractivity contribution is -0.150. The van der Waals surface area contributed by atoms with E-state index < -0.39 is 29.6 Å². The average Bonchev–Trinajstić information content (AvgIpc) is 2.62. The molecule has 1 atom stereocenters. The molecular weight excluding hydrogens is 364 g/mol. The van der Waals surface area contributed by atoms with Gasteiger partial charge in [0, 0.05) is 11.0 Å². The number of carbonyl (C=O) groups is 2. The van der Waals surface area contributed by atoms with Gasteiger partial charge in [-0.3, -0.25) is 9.59 Å². The van der Waals surface area contributed by atoms with Crippen molar-refractivity contribution >= 4 is 29.3 Å². The number of methoxy groups -OCH3 is 1. The van der Waals surface area contributed by atoms with E-state index >= 15 is 0 Å². The summed E-state index contributed by atoms with van der Waals surface area (Å²) in [5, 5.41) is 2.25. The highest BCUT2D eigenvalue weighted by atomic mass is 32.2. The number of esters is 1. The molecule has 0 spiro atoms. The molecule has 138 valence electrons. The molecule has 8 heteroatoms. The van der Waals surface area contributed by atoms with Crippen LogP contribution in [0.5, 0.6) is 5.75 Å². The standard InChI is InChI=1S/C18H17F2NO4S/c1-11(18(23)21-16-8-3-12(19)9-15(16)20)25-17(22)10-26-14-6-4-13(24-2)5-7-14/h3-9,11H,10H2,1-2H3,(H,21,23)/t11-/m0/s1. The molecule has 26 heavy (non-hydrogen) atoms. The summed E-state index contributed by atoms with van der Waals surface area (Å²) in [5.41, 5.74) is -0.188. The second-order valence-electron chi connectivity index (χ2n) is 5.21. The average molecular weight is 381 g/mol. The van der Waals surface area contributed by atoms with E-state index in [-0.39, 0.29) is 11.4 Å². The monoisotopic (exact) mass is 381 g/mol. The summed E-state index contributed by atoms with van der Waals surface area (Å²) in [6.07, 6.45) is -1.12. The first-order valence-electron chi connectivity index (χ1n) is 7.61. The van der Waals surface area contributed by atoms with E-state index in [1.807, 2.05) is 0 Å². The summed E-state index contributed by atoms with van der Waals surface area (Å²) in [6.45, 7) is 1.37. The molecule has 0 aromatic heterocycles. The van der Waals surface area contributed by atoms with Crippen LogP contribution in [0.4, 0.5) is 14.5 Å². The fourth-order valence-electron chi connectivity index (χ4n) is 1.92. The molecule has 0 bridgehead atoms. The number of amides is 1. The molecule has 0 unspecified atom stereocenters.